The van der Waals surface area contributed by atoms with Crippen molar-refractivity contribution in [2.24, 2.45) is 0 Å². The standard InChI is InChI=1S/C27H36N8O4/c1-32-11-12-35(26(36)17-32)16-19-5-6-25(30-22(19)18-38-3)33(2)27(37)31-24-13-23(20(14-28)15-29-24)34-9-7-21(39-4)8-10-34/h5-6,13,15,21H,7-12,16-18H2,1-4H3,(H,29,31,37). The molecule has 208 valence electrons. The Labute approximate surface area is 229 Å². The quantitative estimate of drug-likeness (QED) is 0.539. The maximum absolute atomic E-state index is 13.1. The molecular weight excluding hydrogens is 500 g/mol. The van der Waals surface area contributed by atoms with Crippen molar-refractivity contribution >= 4 is 29.3 Å². The van der Waals surface area contributed by atoms with Gasteiger partial charge in [0.2, 0.25) is 5.91 Å². The van der Waals surface area contributed by atoms with Gasteiger partial charge in [-0.3, -0.25) is 19.9 Å². The van der Waals surface area contributed by atoms with Gasteiger partial charge in [0.25, 0.3) is 0 Å². The zero-order chi connectivity index (χ0) is 27.9. The van der Waals surface area contributed by atoms with Crippen LogP contribution in [-0.2, 0) is 27.4 Å². The van der Waals surface area contributed by atoms with E-state index in [1.807, 2.05) is 22.9 Å². The lowest BCUT2D eigenvalue weighted by molar-refractivity contribution is -0.136. The summed E-state index contributed by atoms with van der Waals surface area (Å²) in [5.41, 5.74) is 2.74. The summed E-state index contributed by atoms with van der Waals surface area (Å²) in [4.78, 5) is 41.9. The molecule has 2 aliphatic rings. The summed E-state index contributed by atoms with van der Waals surface area (Å²) >= 11 is 0. The van der Waals surface area contributed by atoms with Crippen LogP contribution in [0.4, 0.5) is 22.1 Å². The van der Waals surface area contributed by atoms with E-state index in [0.717, 1.165) is 43.7 Å². The minimum Gasteiger partial charge on any atom is -0.381 e. The van der Waals surface area contributed by atoms with Gasteiger partial charge in [0.05, 0.1) is 36.2 Å². The third kappa shape index (κ3) is 6.81. The molecule has 0 bridgehead atoms. The summed E-state index contributed by atoms with van der Waals surface area (Å²) in [5.74, 6) is 0.852. The van der Waals surface area contributed by atoms with E-state index in [9.17, 15) is 14.9 Å². The Morgan fingerprint density at radius 3 is 2.67 bits per heavy atom. The highest BCUT2D eigenvalue weighted by Crippen LogP contribution is 2.27. The normalized spacial score (nSPS) is 16.7. The van der Waals surface area contributed by atoms with Crippen LogP contribution in [0.3, 0.4) is 0 Å². The van der Waals surface area contributed by atoms with Crippen LogP contribution in [0.1, 0.15) is 29.7 Å². The van der Waals surface area contributed by atoms with E-state index in [1.54, 1.807) is 33.4 Å². The number of likely N-dealkylation sites (N-methyl/N-ethyl adjacent to an activating group) is 1. The first-order valence-corrected chi connectivity index (χ1v) is 13.0. The molecule has 12 nitrogen and oxygen atoms in total. The molecule has 3 amide bonds. The largest absolute Gasteiger partial charge is 0.381 e. The van der Waals surface area contributed by atoms with Gasteiger partial charge in [-0.25, -0.2) is 14.8 Å². The van der Waals surface area contributed by atoms with Gasteiger partial charge in [-0.15, -0.1) is 0 Å². The van der Waals surface area contributed by atoms with E-state index in [-0.39, 0.29) is 18.6 Å². The summed E-state index contributed by atoms with van der Waals surface area (Å²) in [6.45, 7) is 4.05. The minimum atomic E-state index is -0.422. The zero-order valence-corrected chi connectivity index (χ0v) is 23.0. The molecule has 2 fully saturated rings. The van der Waals surface area contributed by atoms with Gasteiger partial charge in [0.1, 0.15) is 17.7 Å². The predicted octanol–water partition coefficient (Wildman–Crippen LogP) is 2.05. The molecule has 0 saturated carbocycles. The lowest BCUT2D eigenvalue weighted by Crippen LogP contribution is -2.48. The van der Waals surface area contributed by atoms with E-state index >= 15 is 0 Å². The number of nitrogens with zero attached hydrogens (tertiary/aromatic N) is 7. The number of anilines is 3. The van der Waals surface area contributed by atoms with Crippen LogP contribution in [-0.4, -0.2) is 98.8 Å². The molecule has 0 aromatic carbocycles. The van der Waals surface area contributed by atoms with Crippen LogP contribution in [0.5, 0.6) is 0 Å². The Balaban J connectivity index is 1.47. The number of hydrogen-bond acceptors (Lipinski definition) is 9. The highest BCUT2D eigenvalue weighted by Gasteiger charge is 2.24. The predicted molar refractivity (Wildman–Crippen MR) is 146 cm³/mol. The number of nitrogens with one attached hydrogen (secondary N) is 1. The maximum atomic E-state index is 13.1. The second-order valence-electron chi connectivity index (χ2n) is 9.87. The number of methoxy groups -OCH3 is 2. The molecule has 0 atom stereocenters. The van der Waals surface area contributed by atoms with Crippen molar-refractivity contribution in [3.05, 3.63) is 41.2 Å². The molecule has 12 heteroatoms. The first-order valence-electron chi connectivity index (χ1n) is 13.0. The van der Waals surface area contributed by atoms with Crippen molar-refractivity contribution < 1.29 is 19.1 Å². The lowest BCUT2D eigenvalue weighted by Gasteiger charge is -2.33. The summed E-state index contributed by atoms with van der Waals surface area (Å²) < 4.78 is 10.8. The van der Waals surface area contributed by atoms with Crippen molar-refractivity contribution in [2.45, 2.75) is 32.1 Å². The number of piperazine rings is 1. The highest BCUT2D eigenvalue weighted by molar-refractivity contribution is 6.00. The number of piperidine rings is 1. The second-order valence-corrected chi connectivity index (χ2v) is 9.87. The number of hydrogen-bond donors (Lipinski definition) is 1. The van der Waals surface area contributed by atoms with Gasteiger partial charge in [-0.05, 0) is 31.5 Å². The number of ether oxygens (including phenoxy) is 2. The number of amides is 3. The van der Waals surface area contributed by atoms with Crippen molar-refractivity contribution in [3.63, 3.8) is 0 Å². The number of urea groups is 1. The monoisotopic (exact) mass is 536 g/mol. The number of pyridine rings is 2. The number of carbonyl (C=O) groups excluding carboxylic acids is 2. The van der Waals surface area contributed by atoms with E-state index in [0.29, 0.717) is 42.5 Å². The molecule has 4 rings (SSSR count). The van der Waals surface area contributed by atoms with Crippen LogP contribution in [0, 0.1) is 11.3 Å². The summed E-state index contributed by atoms with van der Waals surface area (Å²) in [6, 6.07) is 7.15. The summed E-state index contributed by atoms with van der Waals surface area (Å²) in [5, 5.41) is 12.4. The van der Waals surface area contributed by atoms with E-state index in [1.165, 1.54) is 11.1 Å². The molecule has 0 unspecified atom stereocenters. The SMILES string of the molecule is COCc1nc(N(C)C(=O)Nc2cc(N3CCC(OC)CC3)c(C#N)cn2)ccc1CN1CCN(C)CC1=O. The molecule has 39 heavy (non-hydrogen) atoms. The van der Waals surface area contributed by atoms with Crippen LogP contribution in [0.15, 0.2) is 24.4 Å². The lowest BCUT2D eigenvalue weighted by atomic mass is 10.1. The number of carbonyl (C=O) groups is 2. The van der Waals surface area contributed by atoms with Crippen LogP contribution >= 0.6 is 0 Å². The van der Waals surface area contributed by atoms with Crippen molar-refractivity contribution in [3.8, 4) is 6.07 Å². The summed E-state index contributed by atoms with van der Waals surface area (Å²) in [7, 11) is 6.86. The fourth-order valence-electron chi connectivity index (χ4n) is 4.80. The number of nitriles is 1. The number of rotatable bonds is 8. The summed E-state index contributed by atoms with van der Waals surface area (Å²) in [6.07, 6.45) is 3.42. The molecule has 2 aromatic heterocycles. The first kappa shape index (κ1) is 28.2. The molecule has 1 N–H and O–H groups in total. The fraction of sp³-hybridized carbons (Fsp3) is 0.519. The molecule has 2 aromatic rings. The molecule has 2 saturated heterocycles. The minimum absolute atomic E-state index is 0.0741. The Bertz CT molecular complexity index is 1220. The van der Waals surface area contributed by atoms with Gasteiger partial charge < -0.3 is 19.3 Å². The zero-order valence-electron chi connectivity index (χ0n) is 23.0. The van der Waals surface area contributed by atoms with E-state index in [2.05, 4.69) is 26.3 Å². The third-order valence-electron chi connectivity index (χ3n) is 7.21. The second kappa shape index (κ2) is 12.8. The van der Waals surface area contributed by atoms with Crippen molar-refractivity contribution in [1.29, 1.82) is 5.26 Å². The Kier molecular flexibility index (Phi) is 9.29. The molecule has 0 aliphatic carbocycles. The average Bonchev–Trinajstić information content (AvgIpc) is 2.95. The molecule has 0 spiro atoms. The fourth-order valence-corrected chi connectivity index (χ4v) is 4.80. The van der Waals surface area contributed by atoms with Crippen molar-refractivity contribution in [2.75, 3.05) is 76.2 Å². The first-order chi connectivity index (χ1) is 18.8. The number of aromatic nitrogens is 2. The van der Waals surface area contributed by atoms with Gasteiger partial charge in [-0.1, -0.05) is 6.07 Å². The molecular formula is C27H36N8O4. The Hall–Kier alpha value is -3.79. The maximum Gasteiger partial charge on any atom is 0.328 e. The smallest absolute Gasteiger partial charge is 0.328 e. The van der Waals surface area contributed by atoms with Gasteiger partial charge in [0.15, 0.2) is 0 Å². The van der Waals surface area contributed by atoms with Gasteiger partial charge in [-0.2, -0.15) is 5.26 Å². The van der Waals surface area contributed by atoms with Gasteiger partial charge in [0, 0.05) is 66.3 Å². The van der Waals surface area contributed by atoms with Crippen LogP contribution in [0.2, 0.25) is 0 Å². The highest BCUT2D eigenvalue weighted by atomic mass is 16.5. The van der Waals surface area contributed by atoms with E-state index in [4.69, 9.17) is 9.47 Å². The molecule has 4 heterocycles. The average molecular weight is 537 g/mol. The molecule has 2 aliphatic heterocycles. The van der Waals surface area contributed by atoms with E-state index < -0.39 is 6.03 Å². The Morgan fingerprint density at radius 2 is 2.00 bits per heavy atom. The van der Waals surface area contributed by atoms with Crippen molar-refractivity contribution in [1.82, 2.24) is 19.8 Å². The molecule has 0 radical (unpaired) electrons. The topological polar surface area (TPSA) is 127 Å². The van der Waals surface area contributed by atoms with Crippen LogP contribution in [0.25, 0.3) is 0 Å². The third-order valence-corrected chi connectivity index (χ3v) is 7.21. The van der Waals surface area contributed by atoms with Crippen LogP contribution < -0.4 is 15.1 Å². The van der Waals surface area contributed by atoms with Gasteiger partial charge >= 0.3 is 6.03 Å². The Morgan fingerprint density at radius 1 is 1.23 bits per heavy atom.